The maximum absolute atomic E-state index is 14.0. The first-order valence-electron chi connectivity index (χ1n) is 21.3. The molecular weight excluding hydrogens is 826 g/mol. The second kappa shape index (κ2) is 22.6. The first-order valence-corrected chi connectivity index (χ1v) is 23.3. The van der Waals surface area contributed by atoms with E-state index >= 15 is 0 Å². The van der Waals surface area contributed by atoms with Crippen molar-refractivity contribution in [1.82, 2.24) is 20.3 Å². The van der Waals surface area contributed by atoms with Crippen molar-refractivity contribution in [3.8, 4) is 34.0 Å². The van der Waals surface area contributed by atoms with Gasteiger partial charge in [-0.3, -0.25) is 14.2 Å². The van der Waals surface area contributed by atoms with E-state index in [9.17, 15) is 24.1 Å². The van der Waals surface area contributed by atoms with Gasteiger partial charge >= 0.3 is 13.6 Å². The van der Waals surface area contributed by atoms with Gasteiger partial charge in [0.25, 0.3) is 0 Å². The first-order chi connectivity index (χ1) is 30.3. The average molecular weight is 882 g/mol. The van der Waals surface area contributed by atoms with Gasteiger partial charge in [0.1, 0.15) is 29.9 Å². The van der Waals surface area contributed by atoms with E-state index in [4.69, 9.17) is 19.1 Å². The molecule has 0 saturated heterocycles. The van der Waals surface area contributed by atoms with Crippen molar-refractivity contribution in [2.45, 2.75) is 71.6 Å². The number of aliphatic hydroxyl groups is 1. The van der Waals surface area contributed by atoms with Gasteiger partial charge in [-0.25, -0.2) is 9.48 Å². The fourth-order valence-electron chi connectivity index (χ4n) is 7.14. The number of fused-ring (bicyclic) bond motifs is 5. The van der Waals surface area contributed by atoms with Gasteiger partial charge in [0.2, 0.25) is 11.8 Å². The molecule has 1 aliphatic rings. The second-order valence-corrected chi connectivity index (χ2v) is 17.8. The number of carbonyl (C=O) groups excluding carboxylic acids is 3. The minimum Gasteiger partial charge on any atom is -0.492 e. The lowest BCUT2D eigenvalue weighted by Gasteiger charge is -2.29. The zero-order valence-corrected chi connectivity index (χ0v) is 36.9. The molecule has 0 spiro atoms. The van der Waals surface area contributed by atoms with Crippen molar-refractivity contribution in [3.05, 3.63) is 114 Å². The highest BCUT2D eigenvalue weighted by Crippen LogP contribution is 2.41. The molecule has 3 N–H and O–H groups in total. The third kappa shape index (κ3) is 13.9. The van der Waals surface area contributed by atoms with Gasteiger partial charge in [0.15, 0.2) is 0 Å². The van der Waals surface area contributed by atoms with Gasteiger partial charge in [-0.15, -0.1) is 5.10 Å². The van der Waals surface area contributed by atoms with E-state index in [1.54, 1.807) is 33.8 Å². The van der Waals surface area contributed by atoms with Gasteiger partial charge in [-0.1, -0.05) is 73.7 Å². The Labute approximate surface area is 367 Å². The van der Waals surface area contributed by atoms with Crippen LogP contribution in [0.4, 0.5) is 5.69 Å². The summed E-state index contributed by atoms with van der Waals surface area (Å²) in [6, 6.07) is 30.0. The Hall–Kier alpha value is -5.70. The van der Waals surface area contributed by atoms with Crippen molar-refractivity contribution in [3.63, 3.8) is 0 Å². The summed E-state index contributed by atoms with van der Waals surface area (Å²) in [5, 5.41) is 21.8. The quantitative estimate of drug-likeness (QED) is 0.0274. The van der Waals surface area contributed by atoms with Crippen LogP contribution in [0.15, 0.2) is 97.1 Å². The Kier molecular flexibility index (Phi) is 16.8. The Morgan fingerprint density at radius 1 is 0.841 bits per heavy atom. The van der Waals surface area contributed by atoms with Crippen LogP contribution >= 0.6 is 7.60 Å². The number of nitrogens with one attached hydrogen (secondary N) is 1. The van der Waals surface area contributed by atoms with E-state index in [0.29, 0.717) is 67.6 Å². The van der Waals surface area contributed by atoms with Crippen molar-refractivity contribution >= 4 is 31.1 Å². The molecule has 1 aromatic heterocycles. The third-order valence-corrected chi connectivity index (χ3v) is 10.8. The van der Waals surface area contributed by atoms with Crippen LogP contribution in [0.25, 0.3) is 22.5 Å². The van der Waals surface area contributed by atoms with Crippen LogP contribution < -0.4 is 19.7 Å². The summed E-state index contributed by atoms with van der Waals surface area (Å²) >= 11 is 0. The second-order valence-electron chi connectivity index (χ2n) is 15.9. The number of benzene rings is 4. The van der Waals surface area contributed by atoms with E-state index < -0.39 is 19.7 Å². The molecule has 334 valence electrons. The largest absolute Gasteiger partial charge is 0.492 e. The number of aromatic nitrogens is 3. The number of amides is 2. The van der Waals surface area contributed by atoms with Crippen LogP contribution in [0.2, 0.25) is 0 Å². The summed E-state index contributed by atoms with van der Waals surface area (Å²) in [7, 11) is -3.67. The Bertz CT molecular complexity index is 2350. The molecule has 6 rings (SSSR count). The molecule has 0 aliphatic carbocycles. The summed E-state index contributed by atoms with van der Waals surface area (Å²) in [5.41, 5.74) is 6.41. The lowest BCUT2D eigenvalue weighted by atomic mass is 9.95. The molecule has 2 amide bonds. The smallest absolute Gasteiger partial charge is 0.343 e. The Morgan fingerprint density at radius 2 is 1.54 bits per heavy atom. The number of ether oxygens (including phenoxy) is 3. The number of aliphatic hydroxyl groups excluding tert-OH is 1. The maximum Gasteiger partial charge on any atom is 0.343 e. The van der Waals surface area contributed by atoms with Crippen LogP contribution in [0.1, 0.15) is 67.4 Å². The molecule has 63 heavy (non-hydrogen) atoms. The Morgan fingerprint density at radius 3 is 2.29 bits per heavy atom. The van der Waals surface area contributed by atoms with Crippen LogP contribution in [0.5, 0.6) is 11.5 Å². The van der Waals surface area contributed by atoms with Gasteiger partial charge in [0, 0.05) is 43.8 Å². The van der Waals surface area contributed by atoms with Crippen LogP contribution in [0.3, 0.4) is 0 Å². The number of rotatable bonds is 22. The van der Waals surface area contributed by atoms with Gasteiger partial charge in [-0.2, -0.15) is 0 Å². The standard InChI is InChI=1S/C47H56N5O10P/c1-33(2)29-34-17-21-39(22-18-34)62-47(56)35-19-23-38(24-20-35)60-28-26-52-46-41-13-6-7-14-42(41)51(30-36-11-4-5-12-40(36)45(46)49-50-52)44(55)16-9-8-15-43(54)48-25-10-27-59-31-37(53)32-61-63(3,57)58/h4-7,11-14,17-24,33,37,53H,8-10,15-16,25-32H2,1-3H3,(H,48,54)(H,57,58). The number of unbranched alkanes of at least 4 members (excludes halogenated alkanes) is 1. The maximum atomic E-state index is 14.0. The van der Waals surface area contributed by atoms with Crippen molar-refractivity contribution < 1.29 is 47.7 Å². The zero-order valence-electron chi connectivity index (χ0n) is 36.0. The topological polar surface area (TPSA) is 192 Å². The number of hydrogen-bond donors (Lipinski definition) is 3. The molecule has 16 heteroatoms. The predicted octanol–water partition coefficient (Wildman–Crippen LogP) is 7.23. The predicted molar refractivity (Wildman–Crippen MR) is 239 cm³/mol. The molecule has 5 aromatic rings. The minimum absolute atomic E-state index is 0.0556. The molecule has 2 atom stereocenters. The van der Waals surface area contributed by atoms with Crippen molar-refractivity contribution in [1.29, 1.82) is 0 Å². The Balaban J connectivity index is 1.02. The highest BCUT2D eigenvalue weighted by molar-refractivity contribution is 7.51. The molecule has 2 heterocycles. The van der Waals surface area contributed by atoms with Crippen molar-refractivity contribution in [2.24, 2.45) is 5.92 Å². The van der Waals surface area contributed by atoms with Gasteiger partial charge < -0.3 is 39.0 Å². The van der Waals surface area contributed by atoms with E-state index in [1.807, 2.05) is 72.8 Å². The van der Waals surface area contributed by atoms with E-state index in [1.165, 1.54) is 5.56 Å². The van der Waals surface area contributed by atoms with Crippen LogP contribution in [-0.2, 0) is 42.9 Å². The van der Waals surface area contributed by atoms with E-state index in [2.05, 4.69) is 34.0 Å². The molecule has 0 bridgehead atoms. The van der Waals surface area contributed by atoms with Gasteiger partial charge in [-0.05, 0) is 85.2 Å². The van der Waals surface area contributed by atoms with E-state index in [-0.39, 0.29) is 51.1 Å². The number of nitrogens with zero attached hydrogens (tertiary/aromatic N) is 4. The molecule has 0 fully saturated rings. The lowest BCUT2D eigenvalue weighted by molar-refractivity contribution is -0.122. The lowest BCUT2D eigenvalue weighted by Crippen LogP contribution is -2.32. The number of carbonyl (C=O) groups is 3. The normalized spacial score (nSPS) is 13.5. The average Bonchev–Trinajstić information content (AvgIpc) is 3.67. The fourth-order valence-corrected chi connectivity index (χ4v) is 7.59. The fraction of sp³-hybridized carbons (Fsp3) is 0.383. The summed E-state index contributed by atoms with van der Waals surface area (Å²) in [6.07, 6.45) is 2.00. The van der Waals surface area contributed by atoms with E-state index in [0.717, 1.165) is 41.2 Å². The summed E-state index contributed by atoms with van der Waals surface area (Å²) < 4.78 is 34.7. The molecule has 2 unspecified atom stereocenters. The first kappa shape index (κ1) is 46.8. The van der Waals surface area contributed by atoms with Gasteiger partial charge in [0.05, 0.1) is 43.2 Å². The zero-order chi connectivity index (χ0) is 44.8. The number of anilines is 1. The van der Waals surface area contributed by atoms with Crippen LogP contribution in [-0.4, -0.2) is 88.5 Å². The molecule has 0 saturated carbocycles. The van der Waals surface area contributed by atoms with Crippen LogP contribution in [0, 0.1) is 5.92 Å². The highest BCUT2D eigenvalue weighted by atomic mass is 31.2. The highest BCUT2D eigenvalue weighted by Gasteiger charge is 2.29. The summed E-state index contributed by atoms with van der Waals surface area (Å²) in [5.74, 6) is 0.951. The third-order valence-electron chi connectivity index (χ3n) is 10.2. The molecule has 4 aromatic carbocycles. The van der Waals surface area contributed by atoms with Crippen molar-refractivity contribution in [2.75, 3.05) is 44.5 Å². The molecule has 0 radical (unpaired) electrons. The summed E-state index contributed by atoms with van der Waals surface area (Å²) in [6.45, 7) is 6.62. The number of hydrogen-bond acceptors (Lipinski definition) is 11. The molecule has 15 nitrogen and oxygen atoms in total. The minimum atomic E-state index is -3.67. The summed E-state index contributed by atoms with van der Waals surface area (Å²) in [4.78, 5) is 50.3. The molecule has 1 aliphatic heterocycles. The number of para-hydroxylation sites is 1. The molecular formula is C47H56N5O10P. The monoisotopic (exact) mass is 881 g/mol. The number of esters is 1. The SMILES string of the molecule is CC(C)Cc1ccc(OC(=O)c2ccc(OCCn3nnc4c3-c3ccccc3N(C(=O)CCCCC(=O)NCCCOCC(O)COP(C)(=O)O)Cc3ccccc3-4)cc2)cc1.